The van der Waals surface area contributed by atoms with Crippen molar-refractivity contribution >= 4 is 10.0 Å². The van der Waals surface area contributed by atoms with Gasteiger partial charge in [-0.15, -0.1) is 0 Å². The van der Waals surface area contributed by atoms with Crippen LogP contribution in [0.2, 0.25) is 0 Å². The van der Waals surface area contributed by atoms with Gasteiger partial charge in [-0.1, -0.05) is 12.1 Å². The molecule has 20 heavy (non-hydrogen) atoms. The summed E-state index contributed by atoms with van der Waals surface area (Å²) in [4.78, 5) is 1.98. The van der Waals surface area contributed by atoms with E-state index in [0.717, 1.165) is 24.2 Å². The molecule has 0 amide bonds. The summed E-state index contributed by atoms with van der Waals surface area (Å²) in [6.45, 7) is 0.623. The molecule has 0 spiro atoms. The molecule has 6 heteroatoms. The van der Waals surface area contributed by atoms with Crippen molar-refractivity contribution in [2.75, 3.05) is 27.7 Å². The minimum Gasteiger partial charge on any atom is -0.497 e. The molecule has 1 unspecified atom stereocenters. The van der Waals surface area contributed by atoms with Gasteiger partial charge in [-0.05, 0) is 44.6 Å². The number of hydrogen-bond acceptors (Lipinski definition) is 4. The number of methoxy groups -OCH3 is 1. The maximum absolute atomic E-state index is 12.1. The molecule has 1 saturated carbocycles. The van der Waals surface area contributed by atoms with Crippen molar-refractivity contribution < 1.29 is 13.2 Å². The minimum absolute atomic E-state index is 0.203. The van der Waals surface area contributed by atoms with Crippen LogP contribution >= 0.6 is 0 Å². The fourth-order valence-electron chi connectivity index (χ4n) is 2.08. The average Bonchev–Trinajstić information content (AvgIpc) is 3.22. The summed E-state index contributed by atoms with van der Waals surface area (Å²) in [5, 5.41) is -0.203. The smallest absolute Gasteiger partial charge is 0.215 e. The molecule has 1 N–H and O–H groups in total. The summed E-state index contributed by atoms with van der Waals surface area (Å²) in [7, 11) is 2.27. The van der Waals surface area contributed by atoms with Gasteiger partial charge in [-0.2, -0.15) is 0 Å². The molecule has 1 aliphatic carbocycles. The van der Waals surface area contributed by atoms with Gasteiger partial charge < -0.3 is 9.64 Å². The zero-order valence-electron chi connectivity index (χ0n) is 12.2. The zero-order chi connectivity index (χ0) is 14.8. The summed E-state index contributed by atoms with van der Waals surface area (Å²) in [6, 6.07) is 7.28. The third kappa shape index (κ3) is 3.94. The number of nitrogens with zero attached hydrogens (tertiary/aromatic N) is 1. The number of hydrogen-bond donors (Lipinski definition) is 1. The van der Waals surface area contributed by atoms with E-state index in [2.05, 4.69) is 4.72 Å². The molecule has 5 nitrogen and oxygen atoms in total. The normalized spacial score (nSPS) is 17.2. The predicted octanol–water partition coefficient (Wildman–Crippen LogP) is 1.38. The number of ether oxygens (including phenoxy) is 1. The quantitative estimate of drug-likeness (QED) is 0.826. The van der Waals surface area contributed by atoms with Crippen molar-refractivity contribution in [3.05, 3.63) is 29.8 Å². The molecule has 112 valence electrons. The van der Waals surface area contributed by atoms with Crippen molar-refractivity contribution in [2.24, 2.45) is 0 Å². The van der Waals surface area contributed by atoms with Gasteiger partial charge >= 0.3 is 0 Å². The summed E-state index contributed by atoms with van der Waals surface area (Å²) >= 11 is 0. The lowest BCUT2D eigenvalue weighted by atomic mass is 10.1. The third-order valence-electron chi connectivity index (χ3n) is 3.34. The van der Waals surface area contributed by atoms with Crippen molar-refractivity contribution in [3.8, 4) is 5.75 Å². The molecular formula is C14H22N2O3S. The number of benzene rings is 1. The Morgan fingerprint density at radius 2 is 1.90 bits per heavy atom. The van der Waals surface area contributed by atoms with Crippen molar-refractivity contribution in [1.82, 2.24) is 9.62 Å². The zero-order valence-corrected chi connectivity index (χ0v) is 13.0. The van der Waals surface area contributed by atoms with Crippen LogP contribution in [0, 0.1) is 0 Å². The molecule has 0 saturated heterocycles. The number of likely N-dealkylation sites (N-methyl/N-ethyl adjacent to an activating group) is 1. The van der Waals surface area contributed by atoms with E-state index in [1.807, 2.05) is 43.3 Å². The first-order valence-corrected chi connectivity index (χ1v) is 8.27. The largest absolute Gasteiger partial charge is 0.497 e. The van der Waals surface area contributed by atoms with Gasteiger partial charge in [0.25, 0.3) is 0 Å². The molecular weight excluding hydrogens is 276 g/mol. The van der Waals surface area contributed by atoms with Gasteiger partial charge in [0.1, 0.15) is 5.75 Å². The van der Waals surface area contributed by atoms with Crippen molar-refractivity contribution in [2.45, 2.75) is 24.1 Å². The van der Waals surface area contributed by atoms with E-state index < -0.39 is 10.0 Å². The van der Waals surface area contributed by atoms with E-state index in [1.165, 1.54) is 0 Å². The first-order chi connectivity index (χ1) is 9.42. The Balaban J connectivity index is 2.17. The Morgan fingerprint density at radius 1 is 1.30 bits per heavy atom. The van der Waals surface area contributed by atoms with Crippen LogP contribution in [-0.2, 0) is 10.0 Å². The number of rotatable bonds is 7. The number of nitrogens with one attached hydrogen (secondary N) is 1. The molecule has 1 aromatic carbocycles. The lowest BCUT2D eigenvalue weighted by Crippen LogP contribution is -2.37. The fraction of sp³-hybridized carbons (Fsp3) is 0.571. The van der Waals surface area contributed by atoms with E-state index in [4.69, 9.17) is 4.74 Å². The second kappa shape index (κ2) is 6.11. The van der Waals surface area contributed by atoms with Crippen molar-refractivity contribution in [1.29, 1.82) is 0 Å². The Hall–Kier alpha value is -1.11. The Labute approximate surface area is 121 Å². The van der Waals surface area contributed by atoms with E-state index in [0.29, 0.717) is 6.54 Å². The van der Waals surface area contributed by atoms with E-state index in [9.17, 15) is 8.42 Å². The van der Waals surface area contributed by atoms with Crippen LogP contribution in [0.15, 0.2) is 24.3 Å². The van der Waals surface area contributed by atoms with Crippen LogP contribution in [0.25, 0.3) is 0 Å². The van der Waals surface area contributed by atoms with Gasteiger partial charge in [0, 0.05) is 6.54 Å². The second-order valence-electron chi connectivity index (χ2n) is 5.45. The van der Waals surface area contributed by atoms with Crippen LogP contribution in [0.5, 0.6) is 5.75 Å². The average molecular weight is 298 g/mol. The van der Waals surface area contributed by atoms with Gasteiger partial charge in [0.15, 0.2) is 0 Å². The lowest BCUT2D eigenvalue weighted by Gasteiger charge is -2.23. The molecule has 1 aromatic rings. The van der Waals surface area contributed by atoms with Crippen LogP contribution in [0.4, 0.5) is 0 Å². The monoisotopic (exact) mass is 298 g/mol. The van der Waals surface area contributed by atoms with Gasteiger partial charge in [0.2, 0.25) is 10.0 Å². The highest BCUT2D eigenvalue weighted by Crippen LogP contribution is 2.29. The number of sulfonamides is 1. The Morgan fingerprint density at radius 3 is 2.35 bits per heavy atom. The SMILES string of the molecule is COc1ccc(C(CN(C)C)NS(=O)(=O)C2CC2)cc1. The first-order valence-electron chi connectivity index (χ1n) is 6.72. The predicted molar refractivity (Wildman–Crippen MR) is 79.4 cm³/mol. The maximum Gasteiger partial charge on any atom is 0.215 e. The van der Waals surface area contributed by atoms with Crippen LogP contribution in [0.1, 0.15) is 24.4 Å². The molecule has 2 rings (SSSR count). The molecule has 1 aliphatic rings. The highest BCUT2D eigenvalue weighted by Gasteiger charge is 2.37. The second-order valence-corrected chi connectivity index (χ2v) is 7.44. The molecule has 1 atom stereocenters. The summed E-state index contributed by atoms with van der Waals surface area (Å²) in [5.74, 6) is 0.766. The van der Waals surface area contributed by atoms with Crippen molar-refractivity contribution in [3.63, 3.8) is 0 Å². The molecule has 0 heterocycles. The Kier molecular flexibility index (Phi) is 4.67. The van der Waals surface area contributed by atoms with Gasteiger partial charge in [-0.25, -0.2) is 13.1 Å². The first kappa shape index (κ1) is 15.3. The summed E-state index contributed by atoms with van der Waals surface area (Å²) < 4.78 is 32.2. The van der Waals surface area contributed by atoms with E-state index in [1.54, 1.807) is 7.11 Å². The molecule has 0 aliphatic heterocycles. The molecule has 0 aromatic heterocycles. The molecule has 0 radical (unpaired) electrons. The van der Waals surface area contributed by atoms with Gasteiger partial charge in [-0.3, -0.25) is 0 Å². The fourth-order valence-corrected chi connectivity index (χ4v) is 3.64. The van der Waals surface area contributed by atoms with E-state index >= 15 is 0 Å². The molecule has 0 bridgehead atoms. The summed E-state index contributed by atoms with van der Waals surface area (Å²) in [6.07, 6.45) is 1.54. The summed E-state index contributed by atoms with van der Waals surface area (Å²) in [5.41, 5.74) is 0.948. The third-order valence-corrected chi connectivity index (χ3v) is 5.30. The van der Waals surface area contributed by atoms with Gasteiger partial charge in [0.05, 0.1) is 18.4 Å². The van der Waals surface area contributed by atoms with Crippen LogP contribution in [0.3, 0.4) is 0 Å². The maximum atomic E-state index is 12.1. The van der Waals surface area contributed by atoms with Crippen LogP contribution < -0.4 is 9.46 Å². The highest BCUT2D eigenvalue weighted by atomic mass is 32.2. The topological polar surface area (TPSA) is 58.6 Å². The molecule has 1 fully saturated rings. The standard InChI is InChI=1S/C14H22N2O3S/c1-16(2)10-14(15-20(17,18)13-8-9-13)11-4-6-12(19-3)7-5-11/h4-7,13-15H,8-10H2,1-3H3. The van der Waals surface area contributed by atoms with E-state index in [-0.39, 0.29) is 11.3 Å². The highest BCUT2D eigenvalue weighted by molar-refractivity contribution is 7.90. The Bertz CT molecular complexity index is 536. The lowest BCUT2D eigenvalue weighted by molar-refractivity contribution is 0.362. The van der Waals surface area contributed by atoms with Crippen LogP contribution in [-0.4, -0.2) is 46.3 Å². The minimum atomic E-state index is -3.20.